The minimum absolute atomic E-state index is 0.0270. The molecular weight excluding hydrogens is 454 g/mol. The topological polar surface area (TPSA) is 63.9 Å². The lowest BCUT2D eigenvalue weighted by Gasteiger charge is -2.18. The van der Waals surface area contributed by atoms with Gasteiger partial charge in [-0.25, -0.2) is 9.97 Å². The lowest BCUT2D eigenvalue weighted by molar-refractivity contribution is 0.0787. The highest BCUT2D eigenvalue weighted by molar-refractivity contribution is 9.10. The number of nitrogens with zero attached hydrogens (tertiary/aromatic N) is 5. The van der Waals surface area contributed by atoms with Gasteiger partial charge in [-0.05, 0) is 55.7 Å². The van der Waals surface area contributed by atoms with Crippen molar-refractivity contribution in [2.45, 2.75) is 32.2 Å². The standard InChI is InChI=1S/C24H22BrN5O/c1-15-22-19(24(31)29(2)14-16-6-10-18(25)11-7-16)13-20(17-8-9-17)27-23(22)30(28-15)21-5-3-4-12-26-21/h3-7,10-13,17H,8-9,14H2,1-2H3. The van der Waals surface area contributed by atoms with Crippen LogP contribution in [0.15, 0.2) is 59.2 Å². The third kappa shape index (κ3) is 3.85. The molecule has 0 aliphatic heterocycles. The Morgan fingerprint density at radius 2 is 1.97 bits per heavy atom. The Hall–Kier alpha value is -3.06. The monoisotopic (exact) mass is 475 g/mol. The van der Waals surface area contributed by atoms with Crippen molar-refractivity contribution in [2.24, 2.45) is 0 Å². The third-order valence-electron chi connectivity index (χ3n) is 5.60. The number of hydrogen-bond donors (Lipinski definition) is 0. The number of carbonyl (C=O) groups excluding carboxylic acids is 1. The maximum Gasteiger partial charge on any atom is 0.254 e. The van der Waals surface area contributed by atoms with E-state index in [4.69, 9.17) is 10.1 Å². The highest BCUT2D eigenvalue weighted by atomic mass is 79.9. The van der Waals surface area contributed by atoms with Crippen LogP contribution in [0.25, 0.3) is 16.9 Å². The molecule has 0 spiro atoms. The molecule has 1 amide bonds. The number of hydrogen-bond acceptors (Lipinski definition) is 4. The molecule has 7 heteroatoms. The summed E-state index contributed by atoms with van der Waals surface area (Å²) in [6, 6.07) is 15.7. The minimum Gasteiger partial charge on any atom is -0.337 e. The van der Waals surface area contributed by atoms with Gasteiger partial charge in [0.25, 0.3) is 5.91 Å². The largest absolute Gasteiger partial charge is 0.337 e. The molecule has 0 N–H and O–H groups in total. The van der Waals surface area contributed by atoms with Crippen LogP contribution in [0.1, 0.15) is 46.1 Å². The Balaban J connectivity index is 1.59. The van der Waals surface area contributed by atoms with Gasteiger partial charge in [-0.1, -0.05) is 34.1 Å². The average molecular weight is 476 g/mol. The molecule has 1 saturated carbocycles. The molecule has 1 fully saturated rings. The number of benzene rings is 1. The van der Waals surface area contributed by atoms with Gasteiger partial charge in [0.1, 0.15) is 0 Å². The molecule has 156 valence electrons. The normalized spacial score (nSPS) is 13.5. The molecule has 3 aromatic heterocycles. The summed E-state index contributed by atoms with van der Waals surface area (Å²) < 4.78 is 2.77. The maximum absolute atomic E-state index is 13.6. The van der Waals surface area contributed by atoms with Crippen molar-refractivity contribution in [1.82, 2.24) is 24.6 Å². The first-order valence-corrected chi connectivity index (χ1v) is 11.1. The number of aryl methyl sites for hydroxylation is 1. The number of fused-ring (bicyclic) bond motifs is 1. The Morgan fingerprint density at radius 1 is 1.19 bits per heavy atom. The summed E-state index contributed by atoms with van der Waals surface area (Å²) >= 11 is 3.46. The van der Waals surface area contributed by atoms with Crippen LogP contribution in [0.4, 0.5) is 0 Å². The molecule has 0 unspecified atom stereocenters. The van der Waals surface area contributed by atoms with E-state index in [-0.39, 0.29) is 5.91 Å². The van der Waals surface area contributed by atoms with E-state index in [2.05, 4.69) is 20.9 Å². The van der Waals surface area contributed by atoms with E-state index in [1.807, 2.05) is 62.5 Å². The summed E-state index contributed by atoms with van der Waals surface area (Å²) in [5.74, 6) is 1.09. The molecule has 0 saturated heterocycles. The van der Waals surface area contributed by atoms with Crippen LogP contribution in [0, 0.1) is 6.92 Å². The summed E-state index contributed by atoms with van der Waals surface area (Å²) in [7, 11) is 1.84. The summed E-state index contributed by atoms with van der Waals surface area (Å²) in [5.41, 5.74) is 4.17. The van der Waals surface area contributed by atoms with Gasteiger partial charge in [0, 0.05) is 35.9 Å². The van der Waals surface area contributed by atoms with Crippen LogP contribution in [0.2, 0.25) is 0 Å². The van der Waals surface area contributed by atoms with Crippen molar-refractivity contribution < 1.29 is 4.79 Å². The van der Waals surface area contributed by atoms with Crippen molar-refractivity contribution >= 4 is 32.9 Å². The van der Waals surface area contributed by atoms with Gasteiger partial charge >= 0.3 is 0 Å². The molecule has 1 aliphatic rings. The van der Waals surface area contributed by atoms with E-state index in [0.29, 0.717) is 29.5 Å². The quantitative estimate of drug-likeness (QED) is 0.405. The fourth-order valence-corrected chi connectivity index (χ4v) is 4.11. The van der Waals surface area contributed by atoms with Crippen LogP contribution in [0.3, 0.4) is 0 Å². The van der Waals surface area contributed by atoms with Crippen LogP contribution >= 0.6 is 15.9 Å². The van der Waals surface area contributed by atoms with Crippen LogP contribution in [-0.2, 0) is 6.54 Å². The fraction of sp³-hybridized carbons (Fsp3) is 0.250. The molecule has 1 aliphatic carbocycles. The third-order valence-corrected chi connectivity index (χ3v) is 6.13. The zero-order valence-electron chi connectivity index (χ0n) is 17.4. The van der Waals surface area contributed by atoms with Gasteiger partial charge in [-0.2, -0.15) is 9.78 Å². The van der Waals surface area contributed by atoms with Gasteiger partial charge < -0.3 is 4.90 Å². The van der Waals surface area contributed by atoms with Crippen molar-refractivity contribution in [3.05, 3.63) is 81.7 Å². The van der Waals surface area contributed by atoms with E-state index >= 15 is 0 Å². The zero-order chi connectivity index (χ0) is 21.5. The second-order valence-corrected chi connectivity index (χ2v) is 8.96. The van der Waals surface area contributed by atoms with E-state index < -0.39 is 0 Å². The molecule has 0 radical (unpaired) electrons. The van der Waals surface area contributed by atoms with E-state index in [0.717, 1.165) is 39.7 Å². The average Bonchev–Trinajstić information content (AvgIpc) is 3.58. The number of carbonyl (C=O) groups is 1. The first-order valence-electron chi connectivity index (χ1n) is 10.3. The molecule has 0 atom stereocenters. The second-order valence-electron chi connectivity index (χ2n) is 8.04. The van der Waals surface area contributed by atoms with Gasteiger partial charge in [-0.15, -0.1) is 0 Å². The Kier molecular flexibility index (Phi) is 5.06. The van der Waals surface area contributed by atoms with Crippen molar-refractivity contribution in [3.63, 3.8) is 0 Å². The molecule has 31 heavy (non-hydrogen) atoms. The molecule has 4 aromatic rings. The molecule has 6 nitrogen and oxygen atoms in total. The van der Waals surface area contributed by atoms with Crippen molar-refractivity contribution in [1.29, 1.82) is 0 Å². The summed E-state index contributed by atoms with van der Waals surface area (Å²) in [6.07, 6.45) is 3.95. The summed E-state index contributed by atoms with van der Waals surface area (Å²) in [5, 5.41) is 5.49. The lowest BCUT2D eigenvalue weighted by Crippen LogP contribution is -2.26. The Bertz CT molecular complexity index is 1260. The number of pyridine rings is 2. The molecule has 0 bridgehead atoms. The highest BCUT2D eigenvalue weighted by Gasteiger charge is 2.29. The molecule has 5 rings (SSSR count). The SMILES string of the molecule is Cc1nn(-c2ccccn2)c2nc(C3CC3)cc(C(=O)N(C)Cc3ccc(Br)cc3)c12. The number of halogens is 1. The van der Waals surface area contributed by atoms with Crippen molar-refractivity contribution in [2.75, 3.05) is 7.05 Å². The predicted molar refractivity (Wildman–Crippen MR) is 123 cm³/mol. The summed E-state index contributed by atoms with van der Waals surface area (Å²) in [6.45, 7) is 2.45. The van der Waals surface area contributed by atoms with Crippen molar-refractivity contribution in [3.8, 4) is 5.82 Å². The van der Waals surface area contributed by atoms with Gasteiger partial charge in [-0.3, -0.25) is 4.79 Å². The van der Waals surface area contributed by atoms with Gasteiger partial charge in [0.15, 0.2) is 11.5 Å². The Labute approximate surface area is 189 Å². The Morgan fingerprint density at radius 3 is 2.65 bits per heavy atom. The number of amides is 1. The molecule has 1 aromatic carbocycles. The minimum atomic E-state index is -0.0270. The molecule has 3 heterocycles. The zero-order valence-corrected chi connectivity index (χ0v) is 19.0. The number of aromatic nitrogens is 4. The van der Waals surface area contributed by atoms with E-state index in [1.54, 1.807) is 15.8 Å². The predicted octanol–water partition coefficient (Wildman–Crippen LogP) is 5.04. The fourth-order valence-electron chi connectivity index (χ4n) is 3.85. The summed E-state index contributed by atoms with van der Waals surface area (Å²) in [4.78, 5) is 24.7. The smallest absolute Gasteiger partial charge is 0.254 e. The lowest BCUT2D eigenvalue weighted by atomic mass is 10.1. The maximum atomic E-state index is 13.6. The highest BCUT2D eigenvalue weighted by Crippen LogP contribution is 2.40. The van der Waals surface area contributed by atoms with Crippen LogP contribution in [-0.4, -0.2) is 37.6 Å². The second kappa shape index (κ2) is 7.89. The van der Waals surface area contributed by atoms with E-state index in [1.165, 1.54) is 0 Å². The van der Waals surface area contributed by atoms with Gasteiger partial charge in [0.2, 0.25) is 0 Å². The van der Waals surface area contributed by atoms with Crippen LogP contribution in [0.5, 0.6) is 0 Å². The van der Waals surface area contributed by atoms with Crippen LogP contribution < -0.4 is 0 Å². The molecular formula is C24H22BrN5O. The first-order chi connectivity index (χ1) is 15.0. The number of rotatable bonds is 5. The van der Waals surface area contributed by atoms with E-state index in [9.17, 15) is 4.79 Å². The van der Waals surface area contributed by atoms with Gasteiger partial charge in [0.05, 0.1) is 16.6 Å². The first kappa shape index (κ1) is 19.9.